The molecule has 1 saturated carbocycles. The molecule has 2 N–H and O–H groups in total. The van der Waals surface area contributed by atoms with Crippen LogP contribution < -0.4 is 5.73 Å². The van der Waals surface area contributed by atoms with Crippen LogP contribution in [-0.2, 0) is 16.6 Å². The number of benzene rings is 1. The first kappa shape index (κ1) is 15.1. The summed E-state index contributed by atoms with van der Waals surface area (Å²) in [5.41, 5.74) is 6.14. The summed E-state index contributed by atoms with van der Waals surface area (Å²) in [6.07, 6.45) is 1.81. The van der Waals surface area contributed by atoms with E-state index in [4.69, 9.17) is 28.9 Å². The molecule has 0 atom stereocenters. The number of sulfonamides is 1. The Bertz CT molecular complexity index is 586. The average molecular weight is 323 g/mol. The Labute approximate surface area is 123 Å². The van der Waals surface area contributed by atoms with Crippen molar-refractivity contribution in [2.45, 2.75) is 37.2 Å². The summed E-state index contributed by atoms with van der Waals surface area (Å²) in [5, 5.41) is 0.530. The van der Waals surface area contributed by atoms with Gasteiger partial charge < -0.3 is 5.73 Å². The molecule has 1 aromatic rings. The van der Waals surface area contributed by atoms with Gasteiger partial charge in [0, 0.05) is 24.2 Å². The molecule has 7 heteroatoms. The molecule has 0 spiro atoms. The SMILES string of the molecule is CCN(C1CC1)S(=O)(=O)c1cc(CN)c(Cl)cc1Cl. The summed E-state index contributed by atoms with van der Waals surface area (Å²) in [5.74, 6) is 0. The van der Waals surface area contributed by atoms with E-state index in [1.165, 1.54) is 16.4 Å². The molecule has 1 aliphatic carbocycles. The first-order chi connectivity index (χ1) is 8.91. The molecule has 1 aromatic carbocycles. The summed E-state index contributed by atoms with van der Waals surface area (Å²) in [6, 6.07) is 3.02. The van der Waals surface area contributed by atoms with Gasteiger partial charge in [-0.2, -0.15) is 4.31 Å². The van der Waals surface area contributed by atoms with Crippen molar-refractivity contribution in [2.75, 3.05) is 6.54 Å². The van der Waals surface area contributed by atoms with Crippen LogP contribution in [0.3, 0.4) is 0 Å². The minimum atomic E-state index is -3.58. The molecule has 0 bridgehead atoms. The number of rotatable bonds is 5. The van der Waals surface area contributed by atoms with Gasteiger partial charge in [0.05, 0.1) is 5.02 Å². The van der Waals surface area contributed by atoms with Crippen molar-refractivity contribution in [1.29, 1.82) is 0 Å². The zero-order chi connectivity index (χ0) is 14.2. The highest BCUT2D eigenvalue weighted by Crippen LogP contribution is 2.35. The fourth-order valence-electron chi connectivity index (χ4n) is 2.04. The first-order valence-electron chi connectivity index (χ1n) is 6.11. The highest BCUT2D eigenvalue weighted by atomic mass is 35.5. The highest BCUT2D eigenvalue weighted by molar-refractivity contribution is 7.89. The van der Waals surface area contributed by atoms with Gasteiger partial charge in [-0.25, -0.2) is 8.42 Å². The molecular weight excluding hydrogens is 307 g/mol. The van der Waals surface area contributed by atoms with Gasteiger partial charge in [0.2, 0.25) is 10.0 Å². The molecule has 0 amide bonds. The van der Waals surface area contributed by atoms with Crippen molar-refractivity contribution in [1.82, 2.24) is 4.31 Å². The van der Waals surface area contributed by atoms with E-state index < -0.39 is 10.0 Å². The van der Waals surface area contributed by atoms with Crippen LogP contribution in [0.4, 0.5) is 0 Å². The maximum atomic E-state index is 12.6. The Balaban J connectivity index is 2.50. The maximum absolute atomic E-state index is 12.6. The van der Waals surface area contributed by atoms with Crippen molar-refractivity contribution >= 4 is 33.2 Å². The third kappa shape index (κ3) is 2.90. The zero-order valence-corrected chi connectivity index (χ0v) is 12.9. The predicted molar refractivity (Wildman–Crippen MR) is 76.9 cm³/mol. The van der Waals surface area contributed by atoms with Gasteiger partial charge >= 0.3 is 0 Å². The minimum Gasteiger partial charge on any atom is -0.326 e. The Morgan fingerprint density at radius 2 is 1.95 bits per heavy atom. The molecule has 0 radical (unpaired) electrons. The topological polar surface area (TPSA) is 63.4 Å². The molecule has 4 nitrogen and oxygen atoms in total. The lowest BCUT2D eigenvalue weighted by molar-refractivity contribution is 0.421. The van der Waals surface area contributed by atoms with Crippen LogP contribution in [0.5, 0.6) is 0 Å². The summed E-state index contributed by atoms with van der Waals surface area (Å²) < 4.78 is 26.7. The highest BCUT2D eigenvalue weighted by Gasteiger charge is 2.38. The van der Waals surface area contributed by atoms with E-state index in [0.717, 1.165) is 12.8 Å². The summed E-state index contributed by atoms with van der Waals surface area (Å²) in [7, 11) is -3.58. The Morgan fingerprint density at radius 1 is 1.32 bits per heavy atom. The Kier molecular flexibility index (Phi) is 4.42. The van der Waals surface area contributed by atoms with E-state index in [9.17, 15) is 8.42 Å². The summed E-state index contributed by atoms with van der Waals surface area (Å²) in [6.45, 7) is 2.43. The average Bonchev–Trinajstić information content (AvgIpc) is 3.13. The van der Waals surface area contributed by atoms with Crippen molar-refractivity contribution in [2.24, 2.45) is 5.73 Å². The molecule has 1 aliphatic rings. The Hall–Kier alpha value is -0.330. The lowest BCUT2D eigenvalue weighted by Crippen LogP contribution is -2.33. The molecule has 2 rings (SSSR count). The lowest BCUT2D eigenvalue weighted by atomic mass is 10.2. The fraction of sp³-hybridized carbons (Fsp3) is 0.500. The van der Waals surface area contributed by atoms with Crippen LogP contribution in [0, 0.1) is 0 Å². The second-order valence-electron chi connectivity index (χ2n) is 4.52. The van der Waals surface area contributed by atoms with E-state index in [0.29, 0.717) is 17.1 Å². The monoisotopic (exact) mass is 322 g/mol. The van der Waals surface area contributed by atoms with Crippen LogP contribution in [0.2, 0.25) is 10.0 Å². The Morgan fingerprint density at radius 3 is 2.42 bits per heavy atom. The second-order valence-corrected chi connectivity index (χ2v) is 7.19. The van der Waals surface area contributed by atoms with E-state index in [-0.39, 0.29) is 22.5 Å². The van der Waals surface area contributed by atoms with Crippen molar-refractivity contribution < 1.29 is 8.42 Å². The molecule has 0 heterocycles. The maximum Gasteiger partial charge on any atom is 0.244 e. The quantitative estimate of drug-likeness (QED) is 0.906. The smallest absolute Gasteiger partial charge is 0.244 e. The van der Waals surface area contributed by atoms with Crippen molar-refractivity contribution in [3.63, 3.8) is 0 Å². The molecule has 19 heavy (non-hydrogen) atoms. The molecule has 0 unspecified atom stereocenters. The fourth-order valence-corrected chi connectivity index (χ4v) is 4.58. The third-order valence-corrected chi connectivity index (χ3v) is 6.02. The molecule has 0 saturated heterocycles. The van der Waals surface area contributed by atoms with Gasteiger partial charge in [0.15, 0.2) is 0 Å². The molecule has 106 valence electrons. The number of hydrogen-bond donors (Lipinski definition) is 1. The van der Waals surface area contributed by atoms with Gasteiger partial charge in [-0.05, 0) is 30.5 Å². The van der Waals surface area contributed by atoms with Gasteiger partial charge in [0.1, 0.15) is 4.90 Å². The normalized spacial score (nSPS) is 16.1. The van der Waals surface area contributed by atoms with Crippen LogP contribution in [0.1, 0.15) is 25.3 Å². The number of halogens is 2. The van der Waals surface area contributed by atoms with E-state index in [2.05, 4.69) is 0 Å². The summed E-state index contributed by atoms with van der Waals surface area (Å²) in [4.78, 5) is 0.0905. The summed E-state index contributed by atoms with van der Waals surface area (Å²) >= 11 is 12.0. The standard InChI is InChI=1S/C12H16Cl2N2O2S/c1-2-16(9-3-4-9)19(17,18)12-5-8(7-15)10(13)6-11(12)14/h5-6,9H,2-4,7,15H2,1H3. The van der Waals surface area contributed by atoms with Gasteiger partial charge in [-0.1, -0.05) is 30.1 Å². The lowest BCUT2D eigenvalue weighted by Gasteiger charge is -2.21. The van der Waals surface area contributed by atoms with Gasteiger partial charge in [-0.15, -0.1) is 0 Å². The van der Waals surface area contributed by atoms with Crippen LogP contribution in [0.15, 0.2) is 17.0 Å². The second kappa shape index (κ2) is 5.58. The van der Waals surface area contributed by atoms with Crippen LogP contribution in [0.25, 0.3) is 0 Å². The minimum absolute atomic E-state index is 0.0905. The van der Waals surface area contributed by atoms with E-state index in [1.807, 2.05) is 6.92 Å². The van der Waals surface area contributed by atoms with Gasteiger partial charge in [0.25, 0.3) is 0 Å². The van der Waals surface area contributed by atoms with Crippen LogP contribution >= 0.6 is 23.2 Å². The molecule has 0 aromatic heterocycles. The molecular formula is C12H16Cl2N2O2S. The largest absolute Gasteiger partial charge is 0.326 e. The van der Waals surface area contributed by atoms with Gasteiger partial charge in [-0.3, -0.25) is 0 Å². The molecule has 0 aliphatic heterocycles. The number of nitrogens with two attached hydrogens (primary N) is 1. The number of nitrogens with zero attached hydrogens (tertiary/aromatic N) is 1. The third-order valence-electron chi connectivity index (χ3n) is 3.17. The predicted octanol–water partition coefficient (Wildman–Crippen LogP) is 2.63. The van der Waals surface area contributed by atoms with Crippen molar-refractivity contribution in [3.05, 3.63) is 27.7 Å². The van der Waals surface area contributed by atoms with Crippen molar-refractivity contribution in [3.8, 4) is 0 Å². The van der Waals surface area contributed by atoms with E-state index in [1.54, 1.807) is 0 Å². The van der Waals surface area contributed by atoms with E-state index >= 15 is 0 Å². The number of hydrogen-bond acceptors (Lipinski definition) is 3. The first-order valence-corrected chi connectivity index (χ1v) is 8.31. The molecule has 1 fully saturated rings. The van der Waals surface area contributed by atoms with Crippen LogP contribution in [-0.4, -0.2) is 25.3 Å². The zero-order valence-electron chi connectivity index (χ0n) is 10.6.